The number of halogens is 3. The summed E-state index contributed by atoms with van der Waals surface area (Å²) in [6.07, 6.45) is -5.40. The summed E-state index contributed by atoms with van der Waals surface area (Å²) in [5, 5.41) is 24.5. The smallest absolute Gasteiger partial charge is 0.362 e. The monoisotopic (exact) mass is 345 g/mol. The Bertz CT molecular complexity index is 705. The lowest BCUT2D eigenvalue weighted by Crippen LogP contribution is -2.56. The van der Waals surface area contributed by atoms with E-state index in [-0.39, 0.29) is 17.1 Å². The highest BCUT2D eigenvalue weighted by molar-refractivity contribution is 6.01. The van der Waals surface area contributed by atoms with Crippen molar-refractivity contribution in [3.05, 3.63) is 39.9 Å². The summed E-state index contributed by atoms with van der Waals surface area (Å²) >= 11 is 0. The van der Waals surface area contributed by atoms with E-state index in [0.717, 1.165) is 12.1 Å². The normalized spacial score (nSPS) is 20.9. The van der Waals surface area contributed by atoms with Crippen LogP contribution < -0.4 is 0 Å². The lowest BCUT2D eigenvalue weighted by Gasteiger charge is -2.32. The minimum Gasteiger partial charge on any atom is -0.362 e. The second-order valence-electron chi connectivity index (χ2n) is 5.30. The van der Waals surface area contributed by atoms with Crippen LogP contribution in [0.3, 0.4) is 0 Å². The quantitative estimate of drug-likeness (QED) is 0.670. The van der Waals surface area contributed by atoms with Gasteiger partial charge in [0.25, 0.3) is 17.3 Å². The van der Waals surface area contributed by atoms with Crippen LogP contribution in [0.5, 0.6) is 0 Å². The number of alkyl halides is 3. The Morgan fingerprint density at radius 2 is 2.08 bits per heavy atom. The zero-order chi connectivity index (χ0) is 18.1. The number of hydrazone groups is 1. The van der Waals surface area contributed by atoms with E-state index >= 15 is 0 Å². The molecule has 1 heterocycles. The molecule has 1 aromatic carbocycles. The Balaban J connectivity index is 2.51. The lowest BCUT2D eigenvalue weighted by atomic mass is 10.0. The predicted molar refractivity (Wildman–Crippen MR) is 77.2 cm³/mol. The highest BCUT2D eigenvalue weighted by atomic mass is 19.4. The fraction of sp³-hybridized carbons (Fsp3) is 0.429. The average molecular weight is 345 g/mol. The van der Waals surface area contributed by atoms with Gasteiger partial charge in [0.15, 0.2) is 0 Å². The van der Waals surface area contributed by atoms with Crippen LogP contribution in [0, 0.1) is 10.1 Å². The van der Waals surface area contributed by atoms with Crippen LogP contribution in [0.1, 0.15) is 36.5 Å². The summed E-state index contributed by atoms with van der Waals surface area (Å²) in [7, 11) is 0. The van der Waals surface area contributed by atoms with Crippen molar-refractivity contribution in [2.45, 2.75) is 38.1 Å². The van der Waals surface area contributed by atoms with Gasteiger partial charge in [0, 0.05) is 18.2 Å². The van der Waals surface area contributed by atoms with Gasteiger partial charge in [0.1, 0.15) is 5.56 Å². The van der Waals surface area contributed by atoms with E-state index in [0.29, 0.717) is 6.42 Å². The molecule has 0 saturated carbocycles. The van der Waals surface area contributed by atoms with Crippen molar-refractivity contribution in [1.29, 1.82) is 0 Å². The van der Waals surface area contributed by atoms with Crippen molar-refractivity contribution < 1.29 is 28.0 Å². The molecule has 1 amide bonds. The summed E-state index contributed by atoms with van der Waals surface area (Å²) in [6, 6.07) is 4.57. The molecule has 0 aromatic heterocycles. The summed E-state index contributed by atoms with van der Waals surface area (Å²) < 4.78 is 39.9. The molecule has 1 atom stereocenters. The molecule has 130 valence electrons. The van der Waals surface area contributed by atoms with Crippen molar-refractivity contribution >= 4 is 17.3 Å². The van der Waals surface area contributed by atoms with Gasteiger partial charge >= 0.3 is 6.18 Å². The molecule has 0 fully saturated rings. The molecule has 0 radical (unpaired) electrons. The number of para-hydroxylation sites is 1. The molecule has 7 nitrogen and oxygen atoms in total. The fourth-order valence-electron chi connectivity index (χ4n) is 2.41. The third-order valence-electron chi connectivity index (χ3n) is 3.56. The largest absolute Gasteiger partial charge is 0.438 e. The van der Waals surface area contributed by atoms with Gasteiger partial charge in [-0.2, -0.15) is 23.3 Å². The molecule has 0 aliphatic carbocycles. The maximum Gasteiger partial charge on any atom is 0.438 e. The number of carbonyl (C=O) groups is 1. The number of hydrogen-bond donors (Lipinski definition) is 1. The molecule has 2 rings (SSSR count). The summed E-state index contributed by atoms with van der Waals surface area (Å²) in [6.45, 7) is 1.71. The number of hydrogen-bond acceptors (Lipinski definition) is 5. The molecule has 0 bridgehead atoms. The number of nitro groups is 1. The van der Waals surface area contributed by atoms with E-state index in [1.807, 2.05) is 0 Å². The third kappa shape index (κ3) is 2.96. The third-order valence-corrected chi connectivity index (χ3v) is 3.56. The molecule has 1 aliphatic heterocycles. The van der Waals surface area contributed by atoms with Crippen LogP contribution in [-0.2, 0) is 0 Å². The zero-order valence-electron chi connectivity index (χ0n) is 12.6. The number of nitro benzene ring substituents is 1. The number of nitrogens with zero attached hydrogens (tertiary/aromatic N) is 3. The second-order valence-corrected chi connectivity index (χ2v) is 5.30. The Hall–Kier alpha value is -2.49. The zero-order valence-corrected chi connectivity index (χ0v) is 12.6. The Morgan fingerprint density at radius 3 is 2.62 bits per heavy atom. The first-order chi connectivity index (χ1) is 11.1. The van der Waals surface area contributed by atoms with Gasteiger partial charge in [0.05, 0.1) is 4.92 Å². The molecule has 1 aromatic rings. The molecular weight excluding hydrogens is 331 g/mol. The average Bonchev–Trinajstić information content (AvgIpc) is 2.84. The number of carbonyl (C=O) groups excluding carboxylic acids is 1. The van der Waals surface area contributed by atoms with Gasteiger partial charge in [-0.1, -0.05) is 25.5 Å². The van der Waals surface area contributed by atoms with Crippen LogP contribution in [0.4, 0.5) is 18.9 Å². The van der Waals surface area contributed by atoms with E-state index in [9.17, 15) is 33.2 Å². The Kier molecular flexibility index (Phi) is 4.61. The molecule has 0 saturated heterocycles. The highest BCUT2D eigenvalue weighted by Gasteiger charge is 2.63. The van der Waals surface area contributed by atoms with Gasteiger partial charge < -0.3 is 5.11 Å². The molecule has 1 N–H and O–H groups in total. The predicted octanol–water partition coefficient (Wildman–Crippen LogP) is 2.85. The summed E-state index contributed by atoms with van der Waals surface area (Å²) in [4.78, 5) is 22.5. The van der Waals surface area contributed by atoms with E-state index in [4.69, 9.17) is 0 Å². The molecule has 24 heavy (non-hydrogen) atoms. The van der Waals surface area contributed by atoms with Gasteiger partial charge in [-0.15, -0.1) is 0 Å². The van der Waals surface area contributed by atoms with Gasteiger partial charge in [-0.25, -0.2) is 0 Å². The summed E-state index contributed by atoms with van der Waals surface area (Å²) in [5.41, 5.74) is -4.75. The Labute approximate surface area is 134 Å². The second kappa shape index (κ2) is 6.19. The van der Waals surface area contributed by atoms with Crippen molar-refractivity contribution in [2.75, 3.05) is 0 Å². The van der Waals surface area contributed by atoms with Crippen LogP contribution >= 0.6 is 0 Å². The highest BCUT2D eigenvalue weighted by Crippen LogP contribution is 2.42. The number of amides is 1. The fourth-order valence-corrected chi connectivity index (χ4v) is 2.41. The van der Waals surface area contributed by atoms with E-state index in [2.05, 4.69) is 5.10 Å². The molecule has 0 unspecified atom stereocenters. The number of benzene rings is 1. The standard InChI is InChI=1S/C14H14F3N3O4/c1-2-5-9-8-13(22,14(15,16)17)19(18-9)12(21)10-6-3-4-7-11(10)20(23)24/h3-4,6-7,22H,2,5,8H2,1H3/t13-/m1/s1. The van der Waals surface area contributed by atoms with Crippen LogP contribution in [0.25, 0.3) is 0 Å². The SMILES string of the molecule is CCCC1=NN(C(=O)c2ccccc2[N+](=O)[O-])[C@](O)(C(F)(F)F)C1. The van der Waals surface area contributed by atoms with Crippen molar-refractivity contribution in [1.82, 2.24) is 5.01 Å². The van der Waals surface area contributed by atoms with Gasteiger partial charge in [-0.3, -0.25) is 14.9 Å². The number of aliphatic hydroxyl groups is 1. The van der Waals surface area contributed by atoms with Crippen molar-refractivity contribution in [3.63, 3.8) is 0 Å². The number of rotatable bonds is 4. The van der Waals surface area contributed by atoms with E-state index in [1.54, 1.807) is 6.92 Å². The minimum atomic E-state index is -5.16. The van der Waals surface area contributed by atoms with Crippen LogP contribution in [0.2, 0.25) is 0 Å². The molecular formula is C14H14F3N3O4. The minimum absolute atomic E-state index is 0.00394. The first-order valence-electron chi connectivity index (χ1n) is 7.05. The summed E-state index contributed by atoms with van der Waals surface area (Å²) in [5.74, 6) is -1.38. The lowest BCUT2D eigenvalue weighted by molar-refractivity contribution is -0.385. The maximum atomic E-state index is 13.3. The molecule has 1 aliphatic rings. The maximum absolute atomic E-state index is 13.3. The topological polar surface area (TPSA) is 96.0 Å². The first kappa shape index (κ1) is 17.9. The van der Waals surface area contributed by atoms with Gasteiger partial charge in [0.2, 0.25) is 0 Å². The Morgan fingerprint density at radius 1 is 1.46 bits per heavy atom. The van der Waals surface area contributed by atoms with Crippen molar-refractivity contribution in [3.8, 4) is 0 Å². The van der Waals surface area contributed by atoms with Crippen LogP contribution in [-0.4, -0.2) is 38.6 Å². The molecule has 10 heteroatoms. The van der Waals surface area contributed by atoms with Gasteiger partial charge in [-0.05, 0) is 12.5 Å². The van der Waals surface area contributed by atoms with Crippen LogP contribution in [0.15, 0.2) is 29.4 Å². The molecule has 0 spiro atoms. The van der Waals surface area contributed by atoms with E-state index in [1.165, 1.54) is 12.1 Å². The van der Waals surface area contributed by atoms with Crippen molar-refractivity contribution in [2.24, 2.45) is 5.10 Å². The first-order valence-corrected chi connectivity index (χ1v) is 7.05. The van der Waals surface area contributed by atoms with E-state index < -0.39 is 40.4 Å².